The maximum absolute atomic E-state index is 5.65. The van der Waals surface area contributed by atoms with E-state index in [1.54, 1.807) is 0 Å². The maximum atomic E-state index is 5.65. The van der Waals surface area contributed by atoms with Crippen LogP contribution in [-0.4, -0.2) is 5.16 Å². The highest BCUT2D eigenvalue weighted by Gasteiger charge is 2.11. The van der Waals surface area contributed by atoms with Gasteiger partial charge in [0.2, 0.25) is 0 Å². The summed E-state index contributed by atoms with van der Waals surface area (Å²) in [7, 11) is 0. The molecule has 3 rings (SSSR count). The van der Waals surface area contributed by atoms with E-state index in [2.05, 4.69) is 61.5 Å². The van der Waals surface area contributed by atoms with Gasteiger partial charge in [0.1, 0.15) is 5.69 Å². The number of aryl methyl sites for hydroxylation is 2. The minimum Gasteiger partial charge on any atom is -0.356 e. The lowest BCUT2D eigenvalue weighted by Gasteiger charge is -2.02. The highest BCUT2D eigenvalue weighted by atomic mass is 32.1. The Kier molecular flexibility index (Phi) is 9.01. The molecule has 0 saturated carbocycles. The zero-order chi connectivity index (χ0) is 20.3. The second kappa shape index (κ2) is 12.0. The van der Waals surface area contributed by atoms with Crippen molar-refractivity contribution in [2.24, 2.45) is 0 Å². The van der Waals surface area contributed by atoms with Crippen LogP contribution in [0.25, 0.3) is 21.9 Å². The predicted octanol–water partition coefficient (Wildman–Crippen LogP) is 8.71. The van der Waals surface area contributed by atoms with Crippen LogP contribution in [0, 0.1) is 0 Å². The molecule has 0 aliphatic carbocycles. The van der Waals surface area contributed by atoms with Crippen molar-refractivity contribution in [2.45, 2.75) is 84.5 Å². The molecule has 0 bridgehead atoms. The summed E-state index contributed by atoms with van der Waals surface area (Å²) in [5, 5.41) is 4.32. The molecule has 0 saturated heterocycles. The van der Waals surface area contributed by atoms with Crippen molar-refractivity contribution < 1.29 is 4.52 Å². The lowest BCUT2D eigenvalue weighted by molar-refractivity contribution is 0.435. The van der Waals surface area contributed by atoms with Gasteiger partial charge < -0.3 is 4.52 Å². The van der Waals surface area contributed by atoms with Gasteiger partial charge in [-0.1, -0.05) is 88.2 Å². The average Bonchev–Trinajstić information content (AvgIpc) is 3.41. The number of hydrogen-bond donors (Lipinski definition) is 0. The number of rotatable bonds is 13. The lowest BCUT2D eigenvalue weighted by Crippen LogP contribution is -1.86. The molecular weight excluding hydrogens is 374 g/mol. The van der Waals surface area contributed by atoms with E-state index in [-0.39, 0.29) is 0 Å². The van der Waals surface area contributed by atoms with Gasteiger partial charge >= 0.3 is 0 Å². The van der Waals surface area contributed by atoms with Crippen LogP contribution in [0.3, 0.4) is 0 Å². The molecule has 0 spiro atoms. The highest BCUT2D eigenvalue weighted by Crippen LogP contribution is 2.31. The fourth-order valence-electron chi connectivity index (χ4n) is 3.67. The van der Waals surface area contributed by atoms with E-state index >= 15 is 0 Å². The van der Waals surface area contributed by atoms with Crippen LogP contribution < -0.4 is 0 Å². The Morgan fingerprint density at radius 1 is 0.759 bits per heavy atom. The molecule has 156 valence electrons. The first-order valence-electron chi connectivity index (χ1n) is 11.4. The zero-order valence-electron chi connectivity index (χ0n) is 18.1. The Hall–Kier alpha value is -1.87. The van der Waals surface area contributed by atoms with E-state index in [0.717, 1.165) is 17.0 Å². The topological polar surface area (TPSA) is 26.0 Å². The van der Waals surface area contributed by atoms with Crippen LogP contribution in [0.4, 0.5) is 0 Å². The molecule has 3 aromatic rings. The monoisotopic (exact) mass is 409 g/mol. The summed E-state index contributed by atoms with van der Waals surface area (Å²) in [4.78, 5) is 2.66. The molecule has 29 heavy (non-hydrogen) atoms. The molecule has 0 unspecified atom stereocenters. The van der Waals surface area contributed by atoms with E-state index in [1.165, 1.54) is 85.9 Å². The van der Waals surface area contributed by atoms with Gasteiger partial charge in [0.05, 0.1) is 4.88 Å². The van der Waals surface area contributed by atoms with Gasteiger partial charge in [0.25, 0.3) is 0 Å². The Morgan fingerprint density at radius 3 is 2.21 bits per heavy atom. The fraction of sp³-hybridized carbons (Fsp3) is 0.500. The summed E-state index contributed by atoms with van der Waals surface area (Å²) in [6.07, 6.45) is 14.2. The summed E-state index contributed by atoms with van der Waals surface area (Å²) >= 11 is 1.85. The van der Waals surface area contributed by atoms with Crippen molar-refractivity contribution in [1.29, 1.82) is 0 Å². The molecule has 0 aliphatic rings. The normalized spacial score (nSPS) is 11.2. The zero-order valence-corrected chi connectivity index (χ0v) is 18.9. The summed E-state index contributed by atoms with van der Waals surface area (Å²) in [5.41, 5.74) is 3.46. The van der Waals surface area contributed by atoms with Crippen LogP contribution >= 0.6 is 11.3 Å². The molecule has 2 nitrogen and oxygen atoms in total. The first-order valence-corrected chi connectivity index (χ1v) is 12.3. The van der Waals surface area contributed by atoms with E-state index in [9.17, 15) is 0 Å². The number of hydrogen-bond acceptors (Lipinski definition) is 3. The third-order valence-corrected chi connectivity index (χ3v) is 6.68. The largest absolute Gasteiger partial charge is 0.356 e. The highest BCUT2D eigenvalue weighted by molar-refractivity contribution is 7.15. The van der Waals surface area contributed by atoms with Crippen LogP contribution in [0.15, 0.2) is 47.0 Å². The van der Waals surface area contributed by atoms with Crippen molar-refractivity contribution in [3.8, 4) is 21.9 Å². The van der Waals surface area contributed by atoms with Gasteiger partial charge in [-0.05, 0) is 43.4 Å². The van der Waals surface area contributed by atoms with Crippen molar-refractivity contribution in [1.82, 2.24) is 5.16 Å². The van der Waals surface area contributed by atoms with E-state index in [4.69, 9.17) is 4.52 Å². The van der Waals surface area contributed by atoms with E-state index < -0.39 is 0 Å². The minimum atomic E-state index is 0.854. The number of benzene rings is 1. The Morgan fingerprint density at radius 2 is 1.45 bits per heavy atom. The standard InChI is InChI=1S/C26H35NOS/c1-3-5-7-9-11-13-23-18-19-26(29-23)24-20-25(28-27-24)22-16-14-21(15-17-22)12-10-8-6-4-2/h14-20H,3-13H2,1-2H3. The van der Waals surface area contributed by atoms with Crippen LogP contribution in [0.2, 0.25) is 0 Å². The van der Waals surface area contributed by atoms with Gasteiger partial charge in [-0.25, -0.2) is 0 Å². The van der Waals surface area contributed by atoms with Crippen LogP contribution in [-0.2, 0) is 12.8 Å². The van der Waals surface area contributed by atoms with Crippen molar-refractivity contribution in [3.63, 3.8) is 0 Å². The molecule has 1 aromatic carbocycles. The molecular formula is C26H35NOS. The molecule has 0 aliphatic heterocycles. The van der Waals surface area contributed by atoms with Gasteiger partial charge in [-0.3, -0.25) is 0 Å². The van der Waals surface area contributed by atoms with Crippen LogP contribution in [0.1, 0.15) is 82.1 Å². The van der Waals surface area contributed by atoms with Gasteiger partial charge in [-0.15, -0.1) is 11.3 Å². The second-order valence-electron chi connectivity index (χ2n) is 8.01. The SMILES string of the molecule is CCCCCCCc1ccc(-c2cc(-c3ccc(CCCCCC)cc3)on2)s1. The summed E-state index contributed by atoms with van der Waals surface area (Å²) in [6.45, 7) is 4.52. The number of aromatic nitrogens is 1. The average molecular weight is 410 g/mol. The first kappa shape index (κ1) is 21.8. The minimum absolute atomic E-state index is 0.854. The molecule has 2 heterocycles. The van der Waals surface area contributed by atoms with E-state index in [0.29, 0.717) is 0 Å². The smallest absolute Gasteiger partial charge is 0.167 e. The van der Waals surface area contributed by atoms with Gasteiger partial charge in [0.15, 0.2) is 5.76 Å². The second-order valence-corrected chi connectivity index (χ2v) is 9.18. The van der Waals surface area contributed by atoms with Gasteiger partial charge in [-0.2, -0.15) is 0 Å². The molecule has 0 fully saturated rings. The van der Waals surface area contributed by atoms with Crippen molar-refractivity contribution >= 4 is 11.3 Å². The van der Waals surface area contributed by atoms with Crippen LogP contribution in [0.5, 0.6) is 0 Å². The number of nitrogens with zero attached hydrogens (tertiary/aromatic N) is 1. The number of unbranched alkanes of at least 4 members (excludes halogenated alkanes) is 7. The Bertz CT molecular complexity index is 831. The summed E-state index contributed by atoms with van der Waals surface area (Å²) in [5.74, 6) is 0.854. The maximum Gasteiger partial charge on any atom is 0.167 e. The Balaban J connectivity index is 1.54. The lowest BCUT2D eigenvalue weighted by atomic mass is 10.0. The molecule has 3 heteroatoms. The molecule has 0 atom stereocenters. The first-order chi connectivity index (χ1) is 14.3. The fourth-order valence-corrected chi connectivity index (χ4v) is 4.67. The van der Waals surface area contributed by atoms with Gasteiger partial charge in [0, 0.05) is 16.5 Å². The summed E-state index contributed by atoms with van der Waals surface area (Å²) in [6, 6.07) is 15.3. The Labute approximate surface area is 180 Å². The number of thiophene rings is 1. The quantitative estimate of drug-likeness (QED) is 0.264. The third kappa shape index (κ3) is 6.85. The van der Waals surface area contributed by atoms with E-state index in [1.807, 2.05) is 11.3 Å². The predicted molar refractivity (Wildman–Crippen MR) is 126 cm³/mol. The molecule has 2 aromatic heterocycles. The molecule has 0 radical (unpaired) electrons. The third-order valence-electron chi connectivity index (χ3n) is 5.51. The van der Waals surface area contributed by atoms with Crippen molar-refractivity contribution in [2.75, 3.05) is 0 Å². The summed E-state index contributed by atoms with van der Waals surface area (Å²) < 4.78 is 5.65. The van der Waals surface area contributed by atoms with Crippen molar-refractivity contribution in [3.05, 3.63) is 52.9 Å². The molecule has 0 amide bonds. The molecule has 0 N–H and O–H groups in total.